The maximum atomic E-state index is 12.0. The summed E-state index contributed by atoms with van der Waals surface area (Å²) in [7, 11) is 1.60. The molecule has 0 aliphatic heterocycles. The number of ketones is 1. The SMILES string of the molecule is CCCC(C)C(=O)Cc1cc(Cl)ccc1OC. The topological polar surface area (TPSA) is 26.3 Å². The summed E-state index contributed by atoms with van der Waals surface area (Å²) in [5, 5.41) is 0.636. The van der Waals surface area contributed by atoms with Crippen molar-refractivity contribution in [3.63, 3.8) is 0 Å². The number of halogens is 1. The van der Waals surface area contributed by atoms with Gasteiger partial charge in [0.05, 0.1) is 7.11 Å². The number of hydrogen-bond acceptors (Lipinski definition) is 2. The zero-order valence-electron chi connectivity index (χ0n) is 10.6. The highest BCUT2D eigenvalue weighted by Gasteiger charge is 2.15. The molecule has 0 fully saturated rings. The molecule has 0 saturated carbocycles. The first-order valence-corrected chi connectivity index (χ1v) is 6.31. The Morgan fingerprint density at radius 1 is 1.47 bits per heavy atom. The van der Waals surface area contributed by atoms with Crippen molar-refractivity contribution in [1.82, 2.24) is 0 Å². The second-order valence-electron chi connectivity index (χ2n) is 4.29. The Balaban J connectivity index is 2.79. The Bertz CT molecular complexity index is 388. The number of hydrogen-bond donors (Lipinski definition) is 0. The van der Waals surface area contributed by atoms with Crippen LogP contribution < -0.4 is 4.74 Å². The van der Waals surface area contributed by atoms with Crippen molar-refractivity contribution >= 4 is 17.4 Å². The maximum Gasteiger partial charge on any atom is 0.140 e. The highest BCUT2D eigenvalue weighted by molar-refractivity contribution is 6.30. The molecule has 0 saturated heterocycles. The van der Waals surface area contributed by atoms with E-state index in [2.05, 4.69) is 6.92 Å². The van der Waals surface area contributed by atoms with Crippen LogP contribution in [0.15, 0.2) is 18.2 Å². The minimum atomic E-state index is 0.101. The number of Topliss-reactive ketones (excluding diaryl/α,β-unsaturated/α-hetero) is 1. The molecule has 1 atom stereocenters. The monoisotopic (exact) mass is 254 g/mol. The number of rotatable bonds is 6. The highest BCUT2D eigenvalue weighted by atomic mass is 35.5. The number of benzene rings is 1. The lowest BCUT2D eigenvalue weighted by molar-refractivity contribution is -0.121. The van der Waals surface area contributed by atoms with E-state index in [0.29, 0.717) is 11.4 Å². The van der Waals surface area contributed by atoms with Crippen LogP contribution in [-0.4, -0.2) is 12.9 Å². The summed E-state index contributed by atoms with van der Waals surface area (Å²) in [6.45, 7) is 4.06. The molecule has 0 amide bonds. The largest absolute Gasteiger partial charge is 0.496 e. The smallest absolute Gasteiger partial charge is 0.140 e. The number of carbonyl (C=O) groups is 1. The summed E-state index contributed by atoms with van der Waals surface area (Å²) >= 11 is 5.93. The van der Waals surface area contributed by atoms with Gasteiger partial charge in [-0.1, -0.05) is 31.9 Å². The first-order chi connectivity index (χ1) is 8.08. The molecule has 0 aliphatic carbocycles. The van der Waals surface area contributed by atoms with Crippen LogP contribution in [0.3, 0.4) is 0 Å². The van der Waals surface area contributed by atoms with E-state index in [1.54, 1.807) is 25.3 Å². The van der Waals surface area contributed by atoms with Gasteiger partial charge in [-0.05, 0) is 24.6 Å². The second-order valence-corrected chi connectivity index (χ2v) is 4.73. The molecule has 2 nitrogen and oxygen atoms in total. The van der Waals surface area contributed by atoms with Crippen molar-refractivity contribution in [3.8, 4) is 5.75 Å². The van der Waals surface area contributed by atoms with Crippen molar-refractivity contribution in [1.29, 1.82) is 0 Å². The van der Waals surface area contributed by atoms with E-state index < -0.39 is 0 Å². The van der Waals surface area contributed by atoms with Gasteiger partial charge in [0.2, 0.25) is 0 Å². The Kier molecular flexibility index (Phi) is 5.49. The summed E-state index contributed by atoms with van der Waals surface area (Å²) in [6.07, 6.45) is 2.35. The fraction of sp³-hybridized carbons (Fsp3) is 0.500. The molecule has 0 heterocycles. The normalized spacial score (nSPS) is 12.2. The van der Waals surface area contributed by atoms with E-state index >= 15 is 0 Å². The van der Waals surface area contributed by atoms with Gasteiger partial charge in [0, 0.05) is 22.9 Å². The van der Waals surface area contributed by atoms with Crippen LogP contribution in [0.25, 0.3) is 0 Å². The van der Waals surface area contributed by atoms with Gasteiger partial charge in [0.1, 0.15) is 11.5 Å². The van der Waals surface area contributed by atoms with Gasteiger partial charge in [0.25, 0.3) is 0 Å². The summed E-state index contributed by atoms with van der Waals surface area (Å²) < 4.78 is 5.23. The summed E-state index contributed by atoms with van der Waals surface area (Å²) in [6, 6.07) is 5.37. The Labute approximate surface area is 108 Å². The van der Waals surface area contributed by atoms with Crippen LogP contribution in [0.2, 0.25) is 5.02 Å². The number of methoxy groups -OCH3 is 1. The lowest BCUT2D eigenvalue weighted by Gasteiger charge is -2.12. The molecule has 17 heavy (non-hydrogen) atoms. The molecule has 1 unspecified atom stereocenters. The maximum absolute atomic E-state index is 12.0. The Morgan fingerprint density at radius 3 is 2.76 bits per heavy atom. The molecule has 1 aromatic rings. The first kappa shape index (κ1) is 14.0. The standard InChI is InChI=1S/C14H19ClO2/c1-4-5-10(2)13(16)9-11-8-12(15)6-7-14(11)17-3/h6-8,10H,4-5,9H2,1-3H3. The van der Waals surface area contributed by atoms with E-state index in [1.807, 2.05) is 6.92 Å². The van der Waals surface area contributed by atoms with E-state index in [9.17, 15) is 4.79 Å². The fourth-order valence-electron chi connectivity index (χ4n) is 1.84. The minimum absolute atomic E-state index is 0.101. The lowest BCUT2D eigenvalue weighted by Crippen LogP contribution is -2.14. The molecule has 0 radical (unpaired) electrons. The van der Waals surface area contributed by atoms with E-state index in [-0.39, 0.29) is 11.7 Å². The number of carbonyl (C=O) groups excluding carboxylic acids is 1. The molecule has 0 spiro atoms. The van der Waals surface area contributed by atoms with Crippen LogP contribution in [-0.2, 0) is 11.2 Å². The summed E-state index contributed by atoms with van der Waals surface area (Å²) in [4.78, 5) is 12.0. The Morgan fingerprint density at radius 2 is 2.18 bits per heavy atom. The van der Waals surface area contributed by atoms with Crippen molar-refractivity contribution in [2.75, 3.05) is 7.11 Å². The van der Waals surface area contributed by atoms with Crippen molar-refractivity contribution in [2.24, 2.45) is 5.92 Å². The molecular formula is C14H19ClO2. The second kappa shape index (κ2) is 6.65. The molecule has 0 N–H and O–H groups in total. The third kappa shape index (κ3) is 4.04. The van der Waals surface area contributed by atoms with Gasteiger partial charge < -0.3 is 4.74 Å². The van der Waals surface area contributed by atoms with Crippen molar-refractivity contribution in [2.45, 2.75) is 33.1 Å². The third-order valence-corrected chi connectivity index (χ3v) is 3.11. The van der Waals surface area contributed by atoms with Crippen LogP contribution in [0.1, 0.15) is 32.3 Å². The first-order valence-electron chi connectivity index (χ1n) is 5.93. The third-order valence-electron chi connectivity index (χ3n) is 2.88. The molecule has 1 rings (SSSR count). The lowest BCUT2D eigenvalue weighted by atomic mass is 9.95. The molecule has 0 bridgehead atoms. The van der Waals surface area contributed by atoms with Gasteiger partial charge in [0.15, 0.2) is 0 Å². The van der Waals surface area contributed by atoms with E-state index in [4.69, 9.17) is 16.3 Å². The van der Waals surface area contributed by atoms with Crippen molar-refractivity contribution < 1.29 is 9.53 Å². The van der Waals surface area contributed by atoms with E-state index in [0.717, 1.165) is 24.2 Å². The molecule has 0 aromatic heterocycles. The predicted octanol–water partition coefficient (Wildman–Crippen LogP) is 3.90. The number of ether oxygens (including phenoxy) is 1. The summed E-state index contributed by atoms with van der Waals surface area (Å²) in [5.41, 5.74) is 0.868. The molecule has 1 aromatic carbocycles. The molecule has 3 heteroatoms. The minimum Gasteiger partial charge on any atom is -0.496 e. The van der Waals surface area contributed by atoms with Gasteiger partial charge >= 0.3 is 0 Å². The molecular weight excluding hydrogens is 236 g/mol. The zero-order valence-corrected chi connectivity index (χ0v) is 11.4. The van der Waals surface area contributed by atoms with Crippen LogP contribution in [0, 0.1) is 5.92 Å². The quantitative estimate of drug-likeness (QED) is 0.770. The average Bonchev–Trinajstić information content (AvgIpc) is 2.29. The van der Waals surface area contributed by atoms with Gasteiger partial charge in [-0.15, -0.1) is 0 Å². The highest BCUT2D eigenvalue weighted by Crippen LogP contribution is 2.24. The van der Waals surface area contributed by atoms with Crippen LogP contribution in [0.5, 0.6) is 5.75 Å². The predicted molar refractivity (Wildman–Crippen MR) is 70.8 cm³/mol. The van der Waals surface area contributed by atoms with Crippen LogP contribution >= 0.6 is 11.6 Å². The van der Waals surface area contributed by atoms with Gasteiger partial charge in [-0.2, -0.15) is 0 Å². The van der Waals surface area contributed by atoms with Crippen molar-refractivity contribution in [3.05, 3.63) is 28.8 Å². The zero-order chi connectivity index (χ0) is 12.8. The van der Waals surface area contributed by atoms with Gasteiger partial charge in [-0.3, -0.25) is 4.79 Å². The van der Waals surface area contributed by atoms with E-state index in [1.165, 1.54) is 0 Å². The molecule has 0 aliphatic rings. The summed E-state index contributed by atoms with van der Waals surface area (Å²) in [5.74, 6) is 1.07. The van der Waals surface area contributed by atoms with Gasteiger partial charge in [-0.25, -0.2) is 0 Å². The fourth-order valence-corrected chi connectivity index (χ4v) is 2.04. The Hall–Kier alpha value is -1.02. The van der Waals surface area contributed by atoms with Crippen LogP contribution in [0.4, 0.5) is 0 Å². The average molecular weight is 255 g/mol. The molecule has 94 valence electrons.